The van der Waals surface area contributed by atoms with Crippen molar-refractivity contribution in [2.75, 3.05) is 27.2 Å². The fourth-order valence-electron chi connectivity index (χ4n) is 8.19. The van der Waals surface area contributed by atoms with E-state index in [4.69, 9.17) is 14.2 Å². The van der Waals surface area contributed by atoms with Gasteiger partial charge in [-0.1, -0.05) is 42.0 Å². The predicted octanol–water partition coefficient (Wildman–Crippen LogP) is 4.45. The number of methoxy groups -OCH3 is 1. The van der Waals surface area contributed by atoms with Gasteiger partial charge < -0.3 is 19.1 Å². The number of carbonyl (C=O) groups excluding carboxylic acids is 2. The first kappa shape index (κ1) is 26.6. The number of benzene rings is 2. The molecule has 0 aromatic heterocycles. The molecule has 5 atom stereocenters. The molecule has 7 heteroatoms. The maximum atomic E-state index is 13.6. The highest BCUT2D eigenvalue weighted by molar-refractivity contribution is 5.92. The molecular formula is C33H38N2O5. The summed E-state index contributed by atoms with van der Waals surface area (Å²) in [5.41, 5.74) is 3.08. The normalized spacial score (nSPS) is 29.9. The van der Waals surface area contributed by atoms with Gasteiger partial charge in [-0.25, -0.2) is 0 Å². The molecule has 2 heterocycles. The Labute approximate surface area is 236 Å². The highest BCUT2D eigenvalue weighted by atomic mass is 16.6. The summed E-state index contributed by atoms with van der Waals surface area (Å²) in [5.74, 6) is 1.05. The second kappa shape index (κ2) is 9.81. The number of carbonyl (C=O) groups is 2. The number of ether oxygens (including phenoxy) is 3. The fraction of sp³-hybridized carbons (Fsp3) is 0.455. The van der Waals surface area contributed by atoms with Gasteiger partial charge in [0.25, 0.3) is 0 Å². The van der Waals surface area contributed by atoms with E-state index in [0.717, 1.165) is 48.4 Å². The Bertz CT molecular complexity index is 1400. The molecule has 6 rings (SSSR count). The molecule has 2 aromatic rings. The molecule has 1 saturated heterocycles. The van der Waals surface area contributed by atoms with Gasteiger partial charge >= 0.3 is 5.97 Å². The number of hydrogen-bond donors (Lipinski definition) is 0. The molecule has 2 aliphatic carbocycles. The first-order valence-corrected chi connectivity index (χ1v) is 14.2. The van der Waals surface area contributed by atoms with E-state index < -0.39 is 11.0 Å². The van der Waals surface area contributed by atoms with E-state index in [2.05, 4.69) is 23.6 Å². The highest BCUT2D eigenvalue weighted by Crippen LogP contribution is 2.67. The molecule has 40 heavy (non-hydrogen) atoms. The number of nitrogens with zero attached hydrogens (tertiary/aromatic N) is 2. The summed E-state index contributed by atoms with van der Waals surface area (Å²) in [6, 6.07) is 12.0. The first-order chi connectivity index (χ1) is 19.3. The fourth-order valence-corrected chi connectivity index (χ4v) is 8.19. The van der Waals surface area contributed by atoms with Crippen molar-refractivity contribution in [1.29, 1.82) is 0 Å². The molecule has 1 saturated carbocycles. The molecule has 0 unspecified atom stereocenters. The Morgan fingerprint density at radius 2 is 2.08 bits per heavy atom. The highest BCUT2D eigenvalue weighted by Gasteiger charge is 2.75. The molecule has 2 aliphatic heterocycles. The zero-order chi connectivity index (χ0) is 28.2. The third-order valence-electron chi connectivity index (χ3n) is 9.70. The van der Waals surface area contributed by atoms with Gasteiger partial charge in [0.05, 0.1) is 24.6 Å². The smallest absolute Gasteiger partial charge is 0.303 e. The molecule has 0 radical (unpaired) electrons. The van der Waals surface area contributed by atoms with E-state index in [1.165, 1.54) is 12.5 Å². The molecule has 1 amide bonds. The molecule has 210 valence electrons. The van der Waals surface area contributed by atoms with Crippen molar-refractivity contribution < 1.29 is 23.8 Å². The van der Waals surface area contributed by atoms with Crippen LogP contribution in [0, 0.1) is 6.92 Å². The monoisotopic (exact) mass is 542 g/mol. The Balaban J connectivity index is 1.44. The van der Waals surface area contributed by atoms with Gasteiger partial charge in [-0.15, -0.1) is 6.58 Å². The van der Waals surface area contributed by atoms with E-state index in [-0.39, 0.29) is 30.1 Å². The summed E-state index contributed by atoms with van der Waals surface area (Å²) < 4.78 is 19.2. The van der Waals surface area contributed by atoms with Crippen LogP contribution in [-0.2, 0) is 26.2 Å². The van der Waals surface area contributed by atoms with E-state index in [1.807, 2.05) is 55.3 Å². The quantitative estimate of drug-likeness (QED) is 0.293. The van der Waals surface area contributed by atoms with Gasteiger partial charge in [-0.05, 0) is 55.9 Å². The van der Waals surface area contributed by atoms with E-state index in [0.29, 0.717) is 18.6 Å². The van der Waals surface area contributed by atoms with Crippen LogP contribution in [0.1, 0.15) is 48.4 Å². The van der Waals surface area contributed by atoms with Crippen LogP contribution in [-0.4, -0.2) is 72.7 Å². The maximum Gasteiger partial charge on any atom is 0.303 e. The Morgan fingerprint density at radius 1 is 1.25 bits per heavy atom. The minimum absolute atomic E-state index is 0.00994. The summed E-state index contributed by atoms with van der Waals surface area (Å²) >= 11 is 0. The first-order valence-electron chi connectivity index (χ1n) is 14.2. The topological polar surface area (TPSA) is 68.3 Å². The number of amides is 1. The largest absolute Gasteiger partial charge is 0.493 e. The summed E-state index contributed by atoms with van der Waals surface area (Å²) in [6.07, 6.45) is 7.87. The van der Waals surface area contributed by atoms with Crippen LogP contribution >= 0.6 is 0 Å². The lowest BCUT2D eigenvalue weighted by molar-refractivity contribution is -0.222. The van der Waals surface area contributed by atoms with Crippen LogP contribution in [0.3, 0.4) is 0 Å². The average molecular weight is 543 g/mol. The molecule has 4 aliphatic rings. The number of rotatable bonds is 7. The second-order valence-corrected chi connectivity index (χ2v) is 11.7. The minimum atomic E-state index is -0.771. The lowest BCUT2D eigenvalue weighted by Crippen LogP contribution is -2.79. The summed E-state index contributed by atoms with van der Waals surface area (Å²) in [7, 11) is 3.52. The van der Waals surface area contributed by atoms with Crippen molar-refractivity contribution in [2.24, 2.45) is 0 Å². The number of likely N-dealkylation sites (tertiary alicyclic amines) is 1. The van der Waals surface area contributed by atoms with Crippen molar-refractivity contribution in [3.05, 3.63) is 77.4 Å². The van der Waals surface area contributed by atoms with Crippen molar-refractivity contribution in [2.45, 2.75) is 68.7 Å². The van der Waals surface area contributed by atoms with E-state index in [9.17, 15) is 9.59 Å². The van der Waals surface area contributed by atoms with Crippen molar-refractivity contribution in [3.63, 3.8) is 0 Å². The van der Waals surface area contributed by atoms with Crippen LogP contribution < -0.4 is 9.47 Å². The van der Waals surface area contributed by atoms with Gasteiger partial charge in [-0.2, -0.15) is 0 Å². The maximum absolute atomic E-state index is 13.6. The van der Waals surface area contributed by atoms with E-state index in [1.54, 1.807) is 13.2 Å². The summed E-state index contributed by atoms with van der Waals surface area (Å²) in [6.45, 7) is 9.09. The predicted molar refractivity (Wildman–Crippen MR) is 153 cm³/mol. The lowest BCUT2D eigenvalue weighted by Gasteiger charge is -2.65. The SMILES string of the molecule is C=CCN1CC[C@]23c4c5ccc(OC)c4O[C@H]2[C@H](N(C)C(=O)C=Cc2cccc(C)c2)CC[C@@]3(OC(C)=O)[C@H]1C5. The number of likely N-dealkylation sites (N-methyl/N-ethyl adjacent to an activating group) is 1. The Hall–Kier alpha value is -3.58. The molecule has 2 fully saturated rings. The van der Waals surface area contributed by atoms with Gasteiger partial charge in [0, 0.05) is 38.7 Å². The van der Waals surface area contributed by atoms with Crippen molar-refractivity contribution in [1.82, 2.24) is 9.80 Å². The molecule has 7 nitrogen and oxygen atoms in total. The molecule has 2 bridgehead atoms. The summed E-state index contributed by atoms with van der Waals surface area (Å²) in [4.78, 5) is 30.6. The number of esters is 1. The average Bonchev–Trinajstić information content (AvgIpc) is 3.28. The molecule has 2 aromatic carbocycles. The molecule has 0 N–H and O–H groups in total. The van der Waals surface area contributed by atoms with Crippen LogP contribution in [0.15, 0.2) is 55.1 Å². The van der Waals surface area contributed by atoms with Crippen molar-refractivity contribution in [3.8, 4) is 11.5 Å². The molecule has 1 spiro atoms. The van der Waals surface area contributed by atoms with E-state index >= 15 is 0 Å². The van der Waals surface area contributed by atoms with Gasteiger partial charge in [0.2, 0.25) is 5.91 Å². The number of piperidine rings is 1. The number of hydrogen-bond acceptors (Lipinski definition) is 6. The zero-order valence-electron chi connectivity index (χ0n) is 23.8. The third-order valence-corrected chi connectivity index (χ3v) is 9.70. The minimum Gasteiger partial charge on any atom is -0.493 e. The lowest BCUT2D eigenvalue weighted by atomic mass is 9.48. The summed E-state index contributed by atoms with van der Waals surface area (Å²) in [5, 5.41) is 0. The Morgan fingerprint density at radius 3 is 2.80 bits per heavy atom. The standard InChI is InChI=1S/C33H38N2O5/c1-6-17-35-18-16-32-29-24-11-12-26(38-5)30(29)39-31(32)25(14-15-33(32,27(35)20-24)40-22(3)36)34(4)28(37)13-10-23-9-7-8-21(2)19-23/h6-13,19,25,27,31H,1,14-18,20H2,2-5H3/t25-,27-,31+,32+,33-/m1/s1. The number of aryl methyl sites for hydroxylation is 1. The van der Waals surface area contributed by atoms with Gasteiger partial charge in [0.1, 0.15) is 11.7 Å². The van der Waals surface area contributed by atoms with Gasteiger partial charge in [0.15, 0.2) is 11.5 Å². The Kier molecular flexibility index (Phi) is 6.53. The van der Waals surface area contributed by atoms with Gasteiger partial charge in [-0.3, -0.25) is 14.5 Å². The van der Waals surface area contributed by atoms with Crippen LogP contribution in [0.5, 0.6) is 11.5 Å². The van der Waals surface area contributed by atoms with Crippen LogP contribution in [0.2, 0.25) is 0 Å². The zero-order valence-corrected chi connectivity index (χ0v) is 23.8. The van der Waals surface area contributed by atoms with Crippen molar-refractivity contribution >= 4 is 18.0 Å². The van der Waals surface area contributed by atoms with Crippen LogP contribution in [0.25, 0.3) is 6.08 Å². The molecular weight excluding hydrogens is 504 g/mol. The van der Waals surface area contributed by atoms with Crippen LogP contribution in [0.4, 0.5) is 0 Å². The second-order valence-electron chi connectivity index (χ2n) is 11.7. The third kappa shape index (κ3) is 3.74.